The molecule has 3 nitrogen and oxygen atoms in total. The molecule has 4 heteroatoms. The van der Waals surface area contributed by atoms with Crippen molar-refractivity contribution in [1.82, 2.24) is 5.32 Å². The Labute approximate surface area is 108 Å². The van der Waals surface area contributed by atoms with Crippen LogP contribution in [0.4, 0.5) is 4.39 Å². The van der Waals surface area contributed by atoms with Gasteiger partial charge in [-0.2, -0.15) is 0 Å². The molecule has 0 aliphatic rings. The molecule has 0 aromatic heterocycles. The van der Waals surface area contributed by atoms with Crippen LogP contribution >= 0.6 is 0 Å². The van der Waals surface area contributed by atoms with Gasteiger partial charge in [0.1, 0.15) is 11.6 Å². The first-order valence-electron chi connectivity index (χ1n) is 6.19. The summed E-state index contributed by atoms with van der Waals surface area (Å²) < 4.78 is 18.6. The Morgan fingerprint density at radius 3 is 2.78 bits per heavy atom. The molecule has 0 bridgehead atoms. The van der Waals surface area contributed by atoms with Gasteiger partial charge in [-0.25, -0.2) is 4.39 Å². The summed E-state index contributed by atoms with van der Waals surface area (Å²) in [7, 11) is 1.83. The highest BCUT2D eigenvalue weighted by molar-refractivity contribution is 5.32. The molecule has 1 atom stereocenters. The van der Waals surface area contributed by atoms with E-state index in [2.05, 4.69) is 5.32 Å². The maximum absolute atomic E-state index is 13.0. The average molecular weight is 255 g/mol. The van der Waals surface area contributed by atoms with Gasteiger partial charge >= 0.3 is 0 Å². The van der Waals surface area contributed by atoms with Crippen molar-refractivity contribution in [2.45, 2.75) is 32.2 Å². The molecule has 0 spiro atoms. The zero-order valence-electron chi connectivity index (χ0n) is 11.3. The molecule has 18 heavy (non-hydrogen) atoms. The predicted octanol–water partition coefficient (Wildman–Crippen LogP) is 2.26. The molecule has 1 unspecified atom stereocenters. The Kier molecular flexibility index (Phi) is 5.56. The fourth-order valence-electron chi connectivity index (χ4n) is 1.66. The van der Waals surface area contributed by atoms with Crippen LogP contribution in [-0.2, 0) is 0 Å². The van der Waals surface area contributed by atoms with E-state index < -0.39 is 0 Å². The number of aliphatic hydroxyl groups is 1. The number of aryl methyl sites for hydroxylation is 1. The van der Waals surface area contributed by atoms with Gasteiger partial charge in [-0.05, 0) is 45.4 Å². The molecule has 2 N–H and O–H groups in total. The number of hydrogen-bond donors (Lipinski definition) is 2. The van der Waals surface area contributed by atoms with E-state index in [1.54, 1.807) is 6.07 Å². The van der Waals surface area contributed by atoms with Crippen LogP contribution in [0.25, 0.3) is 0 Å². The van der Waals surface area contributed by atoms with E-state index in [4.69, 9.17) is 4.74 Å². The number of rotatable bonds is 7. The lowest BCUT2D eigenvalue weighted by atomic mass is 9.97. The Hall–Kier alpha value is -1.13. The van der Waals surface area contributed by atoms with Crippen molar-refractivity contribution >= 4 is 0 Å². The van der Waals surface area contributed by atoms with E-state index in [0.717, 1.165) is 18.4 Å². The molecule has 0 radical (unpaired) electrons. The van der Waals surface area contributed by atoms with Crippen molar-refractivity contribution in [1.29, 1.82) is 0 Å². The highest BCUT2D eigenvalue weighted by atomic mass is 19.1. The fourth-order valence-corrected chi connectivity index (χ4v) is 1.66. The normalized spacial score (nSPS) is 14.3. The van der Waals surface area contributed by atoms with Gasteiger partial charge in [0.25, 0.3) is 0 Å². The van der Waals surface area contributed by atoms with Crippen molar-refractivity contribution in [3.63, 3.8) is 0 Å². The number of likely N-dealkylation sites (N-methyl/N-ethyl adjacent to an activating group) is 1. The van der Waals surface area contributed by atoms with Gasteiger partial charge in [0, 0.05) is 11.6 Å². The predicted molar refractivity (Wildman–Crippen MR) is 70.4 cm³/mol. The fraction of sp³-hybridized carbons (Fsp3) is 0.571. The van der Waals surface area contributed by atoms with Crippen molar-refractivity contribution in [2.75, 3.05) is 20.3 Å². The van der Waals surface area contributed by atoms with Crippen molar-refractivity contribution in [2.24, 2.45) is 0 Å². The minimum Gasteiger partial charge on any atom is -0.493 e. The Morgan fingerprint density at radius 1 is 1.44 bits per heavy atom. The minimum atomic E-state index is -0.286. The zero-order valence-corrected chi connectivity index (χ0v) is 11.3. The molecule has 102 valence electrons. The number of nitrogens with one attached hydrogen (secondary N) is 1. The second-order valence-electron chi connectivity index (χ2n) is 4.83. The molecule has 0 saturated heterocycles. The zero-order chi connectivity index (χ0) is 13.6. The molecule has 1 rings (SSSR count). The van der Waals surface area contributed by atoms with Crippen LogP contribution in [0.15, 0.2) is 18.2 Å². The second kappa shape index (κ2) is 6.71. The summed E-state index contributed by atoms with van der Waals surface area (Å²) in [5, 5.41) is 12.3. The van der Waals surface area contributed by atoms with Crippen LogP contribution in [0.1, 0.15) is 25.3 Å². The quantitative estimate of drug-likeness (QED) is 0.734. The Morgan fingerprint density at radius 2 is 2.17 bits per heavy atom. The number of hydrogen-bond acceptors (Lipinski definition) is 3. The van der Waals surface area contributed by atoms with Crippen molar-refractivity contribution < 1.29 is 14.2 Å². The number of halogens is 1. The monoisotopic (exact) mass is 255 g/mol. The van der Waals surface area contributed by atoms with E-state index in [0.29, 0.717) is 12.4 Å². The lowest BCUT2D eigenvalue weighted by Gasteiger charge is -2.26. The van der Waals surface area contributed by atoms with E-state index in [-0.39, 0.29) is 18.0 Å². The summed E-state index contributed by atoms with van der Waals surface area (Å²) in [6.45, 7) is 4.45. The lowest BCUT2D eigenvalue weighted by Crippen LogP contribution is -2.43. The molecular formula is C14H22FNO2. The third-order valence-electron chi connectivity index (χ3n) is 3.23. The molecule has 0 aliphatic carbocycles. The Bertz CT molecular complexity index is 378. The largest absolute Gasteiger partial charge is 0.493 e. The van der Waals surface area contributed by atoms with Crippen LogP contribution in [0.5, 0.6) is 5.75 Å². The van der Waals surface area contributed by atoms with Gasteiger partial charge in [0.2, 0.25) is 0 Å². The molecule has 0 fully saturated rings. The third-order valence-corrected chi connectivity index (χ3v) is 3.23. The van der Waals surface area contributed by atoms with E-state index in [1.165, 1.54) is 12.1 Å². The summed E-state index contributed by atoms with van der Waals surface area (Å²) in [5.41, 5.74) is 0.648. The van der Waals surface area contributed by atoms with E-state index in [9.17, 15) is 9.50 Å². The summed E-state index contributed by atoms with van der Waals surface area (Å²) in [5.74, 6) is 0.302. The average Bonchev–Trinajstić information content (AvgIpc) is 2.38. The van der Waals surface area contributed by atoms with Gasteiger partial charge < -0.3 is 15.2 Å². The first kappa shape index (κ1) is 14.9. The van der Waals surface area contributed by atoms with Gasteiger partial charge in [0.15, 0.2) is 0 Å². The summed E-state index contributed by atoms with van der Waals surface area (Å²) >= 11 is 0. The SMILES string of the molecule is CNC(C)(CO)CCCOc1cc(F)ccc1C. The first-order chi connectivity index (χ1) is 8.50. The third kappa shape index (κ3) is 4.27. The first-order valence-corrected chi connectivity index (χ1v) is 6.19. The van der Waals surface area contributed by atoms with Crippen LogP contribution in [0, 0.1) is 12.7 Å². The maximum atomic E-state index is 13.0. The molecule has 0 saturated carbocycles. The minimum absolute atomic E-state index is 0.0858. The molecule has 0 heterocycles. The molecule has 1 aromatic carbocycles. The molecule has 1 aromatic rings. The smallest absolute Gasteiger partial charge is 0.126 e. The molecule has 0 amide bonds. The van der Waals surface area contributed by atoms with Gasteiger partial charge in [-0.1, -0.05) is 6.07 Å². The summed E-state index contributed by atoms with van der Waals surface area (Å²) in [6, 6.07) is 4.53. The van der Waals surface area contributed by atoms with Gasteiger partial charge in [-0.15, -0.1) is 0 Å². The van der Waals surface area contributed by atoms with Gasteiger partial charge in [0.05, 0.1) is 13.2 Å². The van der Waals surface area contributed by atoms with Crippen LogP contribution < -0.4 is 10.1 Å². The van der Waals surface area contributed by atoms with Crippen molar-refractivity contribution in [3.8, 4) is 5.75 Å². The second-order valence-corrected chi connectivity index (χ2v) is 4.83. The van der Waals surface area contributed by atoms with E-state index >= 15 is 0 Å². The highest BCUT2D eigenvalue weighted by Crippen LogP contribution is 2.19. The van der Waals surface area contributed by atoms with Crippen LogP contribution in [0.3, 0.4) is 0 Å². The van der Waals surface area contributed by atoms with E-state index in [1.807, 2.05) is 20.9 Å². The highest BCUT2D eigenvalue weighted by Gasteiger charge is 2.19. The summed E-state index contributed by atoms with van der Waals surface area (Å²) in [4.78, 5) is 0. The lowest BCUT2D eigenvalue weighted by molar-refractivity contribution is 0.163. The Balaban J connectivity index is 2.40. The number of aliphatic hydroxyl groups excluding tert-OH is 1. The standard InChI is InChI=1S/C14H22FNO2/c1-11-5-6-12(15)9-13(11)18-8-4-7-14(2,10-17)16-3/h5-6,9,16-17H,4,7-8,10H2,1-3H3. The molecule has 0 aliphatic heterocycles. The summed E-state index contributed by atoms with van der Waals surface area (Å²) in [6.07, 6.45) is 1.60. The molecular weight excluding hydrogens is 233 g/mol. The van der Waals surface area contributed by atoms with Crippen LogP contribution in [-0.4, -0.2) is 30.9 Å². The van der Waals surface area contributed by atoms with Gasteiger partial charge in [-0.3, -0.25) is 0 Å². The topological polar surface area (TPSA) is 41.5 Å². The van der Waals surface area contributed by atoms with Crippen LogP contribution in [0.2, 0.25) is 0 Å². The number of benzene rings is 1. The maximum Gasteiger partial charge on any atom is 0.126 e. The number of ether oxygens (including phenoxy) is 1. The van der Waals surface area contributed by atoms with Crippen molar-refractivity contribution in [3.05, 3.63) is 29.6 Å².